The van der Waals surface area contributed by atoms with Crippen LogP contribution in [0.25, 0.3) is 0 Å². The highest BCUT2D eigenvalue weighted by Gasteiger charge is 2.39. The first-order valence-electron chi connectivity index (χ1n) is 5.57. The van der Waals surface area contributed by atoms with Crippen LogP contribution in [0, 0.1) is 5.92 Å². The molecule has 0 aromatic carbocycles. The van der Waals surface area contributed by atoms with Crippen molar-refractivity contribution in [3.05, 3.63) is 5.56 Å². The number of aromatic nitrogens is 1. The molecule has 0 spiro atoms. The molecule has 0 radical (unpaired) electrons. The number of ether oxygens (including phenoxy) is 1. The van der Waals surface area contributed by atoms with Crippen molar-refractivity contribution in [2.24, 2.45) is 5.92 Å². The third-order valence-electron chi connectivity index (χ3n) is 3.14. The van der Waals surface area contributed by atoms with Gasteiger partial charge < -0.3 is 15.8 Å². The van der Waals surface area contributed by atoms with Crippen LogP contribution in [0.15, 0.2) is 0 Å². The third-order valence-corrected chi connectivity index (χ3v) is 3.92. The van der Waals surface area contributed by atoms with Crippen molar-refractivity contribution < 1.29 is 9.53 Å². The first-order valence-corrected chi connectivity index (χ1v) is 6.34. The van der Waals surface area contributed by atoms with Crippen molar-refractivity contribution in [3.63, 3.8) is 0 Å². The maximum Gasteiger partial charge on any atom is 0.344 e. The number of carbonyl (C=O) groups excluding carboxylic acids is 1. The molecule has 1 heterocycles. The fourth-order valence-corrected chi connectivity index (χ4v) is 2.76. The normalized spacial score (nSPS) is 15.7. The van der Waals surface area contributed by atoms with E-state index in [1.807, 2.05) is 0 Å². The van der Waals surface area contributed by atoms with E-state index in [4.69, 9.17) is 10.5 Å². The van der Waals surface area contributed by atoms with Gasteiger partial charge in [0.25, 0.3) is 0 Å². The minimum absolute atomic E-state index is 0.0399. The van der Waals surface area contributed by atoms with Gasteiger partial charge in [0.05, 0.1) is 7.11 Å². The minimum Gasteiger partial charge on any atom is -0.465 e. The molecule has 0 bridgehead atoms. The molecule has 0 amide bonds. The van der Waals surface area contributed by atoms with Crippen LogP contribution in [0.1, 0.15) is 37.0 Å². The number of hydrogen-bond donors (Lipinski definition) is 2. The number of esters is 1. The van der Waals surface area contributed by atoms with Gasteiger partial charge in [-0.05, 0) is 44.1 Å². The number of hydrogen-bond acceptors (Lipinski definition) is 6. The Bertz CT molecular complexity index is 438. The van der Waals surface area contributed by atoms with Crippen molar-refractivity contribution >= 4 is 28.3 Å². The highest BCUT2D eigenvalue weighted by Crippen LogP contribution is 2.42. The van der Waals surface area contributed by atoms with Gasteiger partial charge in [-0.3, -0.25) is 0 Å². The molecule has 1 aromatic rings. The monoisotopic (exact) mass is 255 g/mol. The minimum atomic E-state index is -0.439. The van der Waals surface area contributed by atoms with E-state index in [9.17, 15) is 4.79 Å². The number of nitrogens with one attached hydrogen (secondary N) is 1. The van der Waals surface area contributed by atoms with Gasteiger partial charge in [-0.25, -0.2) is 4.79 Å². The lowest BCUT2D eigenvalue weighted by Crippen LogP contribution is -2.33. The topological polar surface area (TPSA) is 77.2 Å². The standard InChI is InChI=1S/C11H17N3O2S/c1-11(2,6-4-5-6)13-9-7(10(15)16-3)8(12)14-17-9/h6,13H,4-5H2,1-3H3,(H2,12,14). The van der Waals surface area contributed by atoms with E-state index < -0.39 is 5.97 Å². The van der Waals surface area contributed by atoms with Gasteiger partial charge in [-0.1, -0.05) is 0 Å². The van der Waals surface area contributed by atoms with Gasteiger partial charge in [0.2, 0.25) is 0 Å². The summed E-state index contributed by atoms with van der Waals surface area (Å²) in [5, 5.41) is 4.06. The molecule has 5 nitrogen and oxygen atoms in total. The molecular formula is C11H17N3O2S. The second kappa shape index (κ2) is 4.18. The van der Waals surface area contributed by atoms with Gasteiger partial charge in [0.1, 0.15) is 10.6 Å². The second-order valence-electron chi connectivity index (χ2n) is 4.88. The maximum absolute atomic E-state index is 11.6. The maximum atomic E-state index is 11.6. The molecular weight excluding hydrogens is 238 g/mol. The Kier molecular flexibility index (Phi) is 2.99. The lowest BCUT2D eigenvalue weighted by atomic mass is 9.99. The van der Waals surface area contributed by atoms with E-state index in [2.05, 4.69) is 23.5 Å². The predicted octanol–water partition coefficient (Wildman–Crippen LogP) is 2.11. The van der Waals surface area contributed by atoms with E-state index >= 15 is 0 Å². The summed E-state index contributed by atoms with van der Waals surface area (Å²) in [4.78, 5) is 11.6. The summed E-state index contributed by atoms with van der Waals surface area (Å²) in [6.07, 6.45) is 2.45. The first kappa shape index (κ1) is 12.2. The summed E-state index contributed by atoms with van der Waals surface area (Å²) in [6, 6.07) is 0. The Morgan fingerprint density at radius 3 is 2.76 bits per heavy atom. The number of nitrogens with zero attached hydrogens (tertiary/aromatic N) is 1. The molecule has 3 N–H and O–H groups in total. The molecule has 1 aliphatic rings. The number of carbonyl (C=O) groups is 1. The zero-order valence-electron chi connectivity index (χ0n) is 10.2. The molecule has 0 unspecified atom stereocenters. The molecule has 6 heteroatoms. The molecule has 0 aliphatic heterocycles. The van der Waals surface area contributed by atoms with Crippen LogP contribution in [-0.4, -0.2) is 23.0 Å². The number of rotatable bonds is 4. The lowest BCUT2D eigenvalue weighted by Gasteiger charge is -2.26. The molecule has 0 atom stereocenters. The fourth-order valence-electron chi connectivity index (χ4n) is 1.89. The molecule has 2 rings (SSSR count). The molecule has 1 fully saturated rings. The average Bonchev–Trinajstić information content (AvgIpc) is 3.05. The van der Waals surface area contributed by atoms with E-state index in [0.29, 0.717) is 16.5 Å². The Morgan fingerprint density at radius 1 is 1.59 bits per heavy atom. The number of nitrogen functional groups attached to an aromatic ring is 1. The molecule has 1 saturated carbocycles. The van der Waals surface area contributed by atoms with Crippen molar-refractivity contribution in [2.75, 3.05) is 18.2 Å². The van der Waals surface area contributed by atoms with Crippen molar-refractivity contribution in [1.82, 2.24) is 4.37 Å². The van der Waals surface area contributed by atoms with Crippen LogP contribution in [0.4, 0.5) is 10.8 Å². The Hall–Kier alpha value is -1.30. The molecule has 0 saturated heterocycles. The Labute approximate surface area is 105 Å². The van der Waals surface area contributed by atoms with E-state index in [0.717, 1.165) is 0 Å². The SMILES string of the molecule is COC(=O)c1c(N)nsc1NC(C)(C)C1CC1. The van der Waals surface area contributed by atoms with Gasteiger partial charge in [0.15, 0.2) is 5.82 Å². The summed E-state index contributed by atoms with van der Waals surface area (Å²) in [5.74, 6) is 0.442. The number of anilines is 2. The zero-order valence-corrected chi connectivity index (χ0v) is 11.1. The summed E-state index contributed by atoms with van der Waals surface area (Å²) < 4.78 is 8.72. The quantitative estimate of drug-likeness (QED) is 0.806. The lowest BCUT2D eigenvalue weighted by molar-refractivity contribution is 0.0603. The summed E-state index contributed by atoms with van der Waals surface area (Å²) >= 11 is 1.20. The first-order chi connectivity index (χ1) is 7.95. The largest absolute Gasteiger partial charge is 0.465 e. The highest BCUT2D eigenvalue weighted by molar-refractivity contribution is 7.11. The van der Waals surface area contributed by atoms with Crippen LogP contribution >= 0.6 is 11.5 Å². The summed E-state index contributed by atoms with van der Waals surface area (Å²) in [7, 11) is 1.34. The van der Waals surface area contributed by atoms with Crippen LogP contribution in [0.3, 0.4) is 0 Å². The van der Waals surface area contributed by atoms with Gasteiger partial charge in [0, 0.05) is 5.54 Å². The number of nitrogens with two attached hydrogens (primary N) is 1. The van der Waals surface area contributed by atoms with E-state index in [1.165, 1.54) is 31.5 Å². The molecule has 17 heavy (non-hydrogen) atoms. The number of methoxy groups -OCH3 is 1. The van der Waals surface area contributed by atoms with Gasteiger partial charge in [-0.2, -0.15) is 4.37 Å². The van der Waals surface area contributed by atoms with E-state index in [1.54, 1.807) is 0 Å². The Balaban J connectivity index is 2.23. The predicted molar refractivity (Wildman–Crippen MR) is 68.3 cm³/mol. The van der Waals surface area contributed by atoms with E-state index in [-0.39, 0.29) is 11.4 Å². The van der Waals surface area contributed by atoms with Crippen LogP contribution in [-0.2, 0) is 4.74 Å². The molecule has 1 aromatic heterocycles. The van der Waals surface area contributed by atoms with Gasteiger partial charge in [-0.15, -0.1) is 0 Å². The summed E-state index contributed by atoms with van der Waals surface area (Å²) in [5.41, 5.74) is 6.00. The zero-order chi connectivity index (χ0) is 12.6. The highest BCUT2D eigenvalue weighted by atomic mass is 32.1. The fraction of sp³-hybridized carbons (Fsp3) is 0.636. The average molecular weight is 255 g/mol. The van der Waals surface area contributed by atoms with Crippen LogP contribution in [0.5, 0.6) is 0 Å². The van der Waals surface area contributed by atoms with Crippen LogP contribution in [0.2, 0.25) is 0 Å². The third kappa shape index (κ3) is 2.36. The van der Waals surface area contributed by atoms with Gasteiger partial charge >= 0.3 is 5.97 Å². The summed E-state index contributed by atoms with van der Waals surface area (Å²) in [6.45, 7) is 4.25. The second-order valence-corrected chi connectivity index (χ2v) is 5.66. The van der Waals surface area contributed by atoms with Crippen LogP contribution < -0.4 is 11.1 Å². The van der Waals surface area contributed by atoms with Crippen molar-refractivity contribution in [3.8, 4) is 0 Å². The van der Waals surface area contributed by atoms with Crippen molar-refractivity contribution in [1.29, 1.82) is 0 Å². The molecule has 94 valence electrons. The Morgan fingerprint density at radius 2 is 2.24 bits per heavy atom. The smallest absolute Gasteiger partial charge is 0.344 e. The molecule has 1 aliphatic carbocycles. The van der Waals surface area contributed by atoms with Crippen molar-refractivity contribution in [2.45, 2.75) is 32.2 Å².